The summed E-state index contributed by atoms with van der Waals surface area (Å²) in [5.74, 6) is -2.88. The molecule has 10 atom stereocenters. The molecular formula is C41H67N5O15. The third-order valence-electron chi connectivity index (χ3n) is 10.1. The molecule has 4 aliphatic rings. The predicted molar refractivity (Wildman–Crippen MR) is 216 cm³/mol. The van der Waals surface area contributed by atoms with Crippen LogP contribution in [-0.4, -0.2) is 131 Å². The van der Waals surface area contributed by atoms with Gasteiger partial charge in [0.25, 0.3) is 5.56 Å². The zero-order valence-electron chi connectivity index (χ0n) is 37.7. The monoisotopic (exact) mass is 869 g/mol. The van der Waals surface area contributed by atoms with Crippen LogP contribution in [0.15, 0.2) is 21.9 Å². The van der Waals surface area contributed by atoms with Gasteiger partial charge in [-0.1, -0.05) is 13.8 Å². The van der Waals surface area contributed by atoms with Gasteiger partial charge in [0, 0.05) is 25.4 Å². The summed E-state index contributed by atoms with van der Waals surface area (Å²) in [5, 5.41) is 8.76. The molecule has 20 nitrogen and oxygen atoms in total. The SMILES string of the molecule is CCC1(CC)O[C@H]2[C@H](OC([C@H](NCCCNC(=O)OC(C)(C)C)C(=O)OC(C)(C)C)[C@H]3O[C@@H](n4ccc(=O)[nH]c4=O)[C@@H]4OC(C)(C)O[C@@H]43)O[C@H](CNC(=O)OC(C)(C)C)[C@H]2O1. The van der Waals surface area contributed by atoms with E-state index in [1.54, 1.807) is 76.2 Å². The fraction of sp³-hybridized carbons (Fsp3) is 0.829. The first-order chi connectivity index (χ1) is 28.2. The molecule has 1 unspecified atom stereocenters. The quantitative estimate of drug-likeness (QED) is 0.113. The lowest BCUT2D eigenvalue weighted by Crippen LogP contribution is -2.58. The number of esters is 1. The molecule has 4 N–H and O–H groups in total. The first kappa shape index (κ1) is 48.4. The van der Waals surface area contributed by atoms with Crippen molar-refractivity contribution in [1.29, 1.82) is 0 Å². The number of fused-ring (bicyclic) bond motifs is 2. The summed E-state index contributed by atoms with van der Waals surface area (Å²) in [6.07, 6.45) is -7.69. The van der Waals surface area contributed by atoms with Crippen molar-refractivity contribution < 1.29 is 61.8 Å². The Kier molecular flexibility index (Phi) is 14.8. The van der Waals surface area contributed by atoms with E-state index in [2.05, 4.69) is 20.9 Å². The third-order valence-corrected chi connectivity index (χ3v) is 10.1. The highest BCUT2D eigenvalue weighted by Gasteiger charge is 2.63. The van der Waals surface area contributed by atoms with Crippen LogP contribution < -0.4 is 27.2 Å². The van der Waals surface area contributed by atoms with Gasteiger partial charge >= 0.3 is 23.8 Å². The molecule has 0 radical (unpaired) electrons. The fourth-order valence-corrected chi connectivity index (χ4v) is 7.61. The molecule has 0 spiro atoms. The summed E-state index contributed by atoms with van der Waals surface area (Å²) >= 11 is 0. The molecule has 61 heavy (non-hydrogen) atoms. The zero-order chi connectivity index (χ0) is 45.3. The number of nitrogens with zero attached hydrogens (tertiary/aromatic N) is 1. The van der Waals surface area contributed by atoms with Crippen LogP contribution in [0.3, 0.4) is 0 Å². The van der Waals surface area contributed by atoms with Crippen LogP contribution in [0.1, 0.15) is 115 Å². The van der Waals surface area contributed by atoms with Gasteiger partial charge in [0.15, 0.2) is 24.1 Å². The minimum absolute atomic E-state index is 0.0289. The number of aromatic nitrogens is 2. The highest BCUT2D eigenvalue weighted by atomic mass is 16.8. The van der Waals surface area contributed by atoms with Gasteiger partial charge < -0.3 is 63.3 Å². The fourth-order valence-electron chi connectivity index (χ4n) is 7.61. The first-order valence-electron chi connectivity index (χ1n) is 21.1. The van der Waals surface area contributed by atoms with Crippen LogP contribution in [0, 0.1) is 0 Å². The van der Waals surface area contributed by atoms with Gasteiger partial charge in [-0.25, -0.2) is 14.4 Å². The maximum Gasteiger partial charge on any atom is 0.407 e. The van der Waals surface area contributed by atoms with E-state index < -0.39 is 119 Å². The van der Waals surface area contributed by atoms with Gasteiger partial charge in [-0.3, -0.25) is 19.1 Å². The number of rotatable bonds is 15. The molecule has 5 rings (SSSR count). The molecule has 1 aromatic rings. The average molecular weight is 870 g/mol. The Morgan fingerprint density at radius 1 is 0.787 bits per heavy atom. The van der Waals surface area contributed by atoms with Crippen molar-refractivity contribution in [2.75, 3.05) is 19.6 Å². The minimum Gasteiger partial charge on any atom is -0.459 e. The van der Waals surface area contributed by atoms with Gasteiger partial charge in [0.05, 0.1) is 0 Å². The second-order valence-electron chi connectivity index (χ2n) is 19.1. The van der Waals surface area contributed by atoms with E-state index in [0.717, 1.165) is 0 Å². The molecule has 1 aromatic heterocycles. The van der Waals surface area contributed by atoms with E-state index in [9.17, 15) is 24.0 Å². The second-order valence-corrected chi connectivity index (χ2v) is 19.1. The second kappa shape index (κ2) is 18.6. The minimum atomic E-state index is -1.31. The molecule has 346 valence electrons. The summed E-state index contributed by atoms with van der Waals surface area (Å²) in [5.41, 5.74) is -3.75. The number of carbonyl (C=O) groups excluding carboxylic acids is 3. The van der Waals surface area contributed by atoms with Crippen LogP contribution in [0.2, 0.25) is 0 Å². The molecule has 2 amide bonds. The standard InChI is InChI=1S/C41H67N5O15/c1-14-41(15-2)57-25-22(21-44-36(51)61-39(9,10)11)52-33(30(25)58-41)54-26(24(32(48)59-37(3,4)5)42-18-16-19-43-35(50)60-38(6,7)8)27-28-29(56-40(12,13)55-28)31(53-27)46-20-17-23(47)45-34(46)49/h17,20,22,24-31,33,42H,14-16,18-19,21H2,1-13H3,(H,43,50)(H,44,51)(H,45,47,49)/t22-,24+,25-,26?,27-,28-,29-,30-,31-,33+/m1/s1. The maximum atomic E-state index is 14.5. The van der Waals surface area contributed by atoms with Gasteiger partial charge in [-0.05, 0) is 102 Å². The lowest BCUT2D eigenvalue weighted by Gasteiger charge is -2.37. The molecule has 0 saturated carbocycles. The molecular weight excluding hydrogens is 802 g/mol. The number of alkyl carbamates (subject to hydrolysis) is 2. The molecule has 20 heteroatoms. The summed E-state index contributed by atoms with van der Waals surface area (Å²) in [6.45, 7) is 23.3. The van der Waals surface area contributed by atoms with Crippen molar-refractivity contribution in [1.82, 2.24) is 25.5 Å². The Bertz CT molecular complexity index is 1810. The molecule has 4 aliphatic heterocycles. The van der Waals surface area contributed by atoms with E-state index in [0.29, 0.717) is 19.3 Å². The van der Waals surface area contributed by atoms with Crippen LogP contribution >= 0.6 is 0 Å². The zero-order valence-corrected chi connectivity index (χ0v) is 37.7. The highest BCUT2D eigenvalue weighted by molar-refractivity contribution is 5.77. The van der Waals surface area contributed by atoms with Crippen molar-refractivity contribution in [3.63, 3.8) is 0 Å². The molecule has 0 bridgehead atoms. The van der Waals surface area contributed by atoms with Crippen molar-refractivity contribution in [3.05, 3.63) is 33.1 Å². The summed E-state index contributed by atoms with van der Waals surface area (Å²) in [4.78, 5) is 67.2. The predicted octanol–water partition coefficient (Wildman–Crippen LogP) is 3.10. The van der Waals surface area contributed by atoms with Crippen molar-refractivity contribution in [2.45, 2.75) is 199 Å². The van der Waals surface area contributed by atoms with Crippen LogP contribution in [0.5, 0.6) is 0 Å². The Labute approximate surface area is 356 Å². The van der Waals surface area contributed by atoms with Crippen molar-refractivity contribution in [3.8, 4) is 0 Å². The number of nitrogens with one attached hydrogen (secondary N) is 4. The number of carbonyl (C=O) groups is 3. The number of amides is 2. The normalized spacial score (nSPS) is 29.0. The smallest absolute Gasteiger partial charge is 0.407 e. The largest absolute Gasteiger partial charge is 0.459 e. The molecule has 0 aliphatic carbocycles. The number of H-pyrrole nitrogens is 1. The average Bonchev–Trinajstić information content (AvgIpc) is 3.83. The lowest BCUT2D eigenvalue weighted by atomic mass is 9.98. The van der Waals surface area contributed by atoms with E-state index in [-0.39, 0.29) is 19.6 Å². The topological polar surface area (TPSA) is 234 Å². The molecule has 4 fully saturated rings. The van der Waals surface area contributed by atoms with Gasteiger partial charge in [-0.2, -0.15) is 0 Å². The van der Waals surface area contributed by atoms with E-state index >= 15 is 0 Å². The molecule has 4 saturated heterocycles. The molecule has 5 heterocycles. The lowest BCUT2D eigenvalue weighted by molar-refractivity contribution is -0.276. The van der Waals surface area contributed by atoms with Crippen LogP contribution in [0.4, 0.5) is 9.59 Å². The summed E-state index contributed by atoms with van der Waals surface area (Å²) in [7, 11) is 0. The number of hydrogen-bond acceptors (Lipinski definition) is 16. The van der Waals surface area contributed by atoms with Crippen molar-refractivity contribution in [2.24, 2.45) is 0 Å². The Balaban J connectivity index is 1.52. The highest BCUT2D eigenvalue weighted by Crippen LogP contribution is 2.47. The number of aromatic amines is 1. The van der Waals surface area contributed by atoms with Crippen molar-refractivity contribution >= 4 is 18.2 Å². The van der Waals surface area contributed by atoms with E-state index in [1.807, 2.05) is 13.8 Å². The summed E-state index contributed by atoms with van der Waals surface area (Å²) < 4.78 is 64.0. The number of hydrogen-bond donors (Lipinski definition) is 4. The molecule has 0 aromatic carbocycles. The van der Waals surface area contributed by atoms with Crippen LogP contribution in [0.25, 0.3) is 0 Å². The van der Waals surface area contributed by atoms with E-state index in [4.69, 9.17) is 47.4 Å². The first-order valence-corrected chi connectivity index (χ1v) is 21.1. The Morgan fingerprint density at radius 3 is 1.97 bits per heavy atom. The maximum absolute atomic E-state index is 14.5. The van der Waals surface area contributed by atoms with Crippen LogP contribution in [-0.2, 0) is 52.2 Å². The van der Waals surface area contributed by atoms with Gasteiger partial charge in [0.1, 0.15) is 65.6 Å². The number of ether oxygens (including phenoxy) is 10. The third kappa shape index (κ3) is 12.5. The van der Waals surface area contributed by atoms with Gasteiger partial charge in [0.2, 0.25) is 0 Å². The Morgan fingerprint density at radius 2 is 1.38 bits per heavy atom. The van der Waals surface area contributed by atoms with Gasteiger partial charge in [-0.15, -0.1) is 0 Å². The summed E-state index contributed by atoms with van der Waals surface area (Å²) in [6, 6.07) is -0.114. The Hall–Kier alpha value is -3.63. The van der Waals surface area contributed by atoms with E-state index in [1.165, 1.54) is 16.8 Å².